The zero-order valence-corrected chi connectivity index (χ0v) is 11.9. The lowest BCUT2D eigenvalue weighted by Crippen LogP contribution is -1.91. The molecule has 3 aromatic carbocycles. The van der Waals surface area contributed by atoms with Crippen molar-refractivity contribution in [3.05, 3.63) is 72.8 Å². The van der Waals surface area contributed by atoms with Crippen LogP contribution in [0.4, 0.5) is 11.4 Å². The Morgan fingerprint density at radius 3 is 2.09 bits per heavy atom. The fraction of sp³-hybridized carbons (Fsp3) is 0. The number of para-hydroxylation sites is 3. The lowest BCUT2D eigenvalue weighted by Gasteiger charge is -2.09. The van der Waals surface area contributed by atoms with Gasteiger partial charge < -0.3 is 10.3 Å². The number of anilines is 2. The summed E-state index contributed by atoms with van der Waals surface area (Å²) in [5.74, 6) is 0. The van der Waals surface area contributed by atoms with Crippen molar-refractivity contribution in [1.82, 2.24) is 4.98 Å². The molecule has 0 spiro atoms. The van der Waals surface area contributed by atoms with Crippen molar-refractivity contribution >= 4 is 22.3 Å². The molecule has 5 rings (SSSR count). The summed E-state index contributed by atoms with van der Waals surface area (Å²) in [5.41, 5.74) is 8.40. The summed E-state index contributed by atoms with van der Waals surface area (Å²) in [7, 11) is 0. The van der Waals surface area contributed by atoms with Crippen molar-refractivity contribution in [3.8, 4) is 22.4 Å². The molecule has 2 nitrogen and oxygen atoms in total. The molecule has 0 fully saturated rings. The lowest BCUT2D eigenvalue weighted by atomic mass is 9.98. The molecule has 1 aliphatic rings. The van der Waals surface area contributed by atoms with Crippen molar-refractivity contribution in [2.45, 2.75) is 0 Å². The largest absolute Gasteiger partial charge is 0.354 e. The highest BCUT2D eigenvalue weighted by Crippen LogP contribution is 2.46. The molecular weight excluding hydrogens is 268 g/mol. The Kier molecular flexibility index (Phi) is 2.25. The van der Waals surface area contributed by atoms with E-state index >= 15 is 0 Å². The number of fused-ring (bicyclic) bond motifs is 7. The summed E-state index contributed by atoms with van der Waals surface area (Å²) in [4.78, 5) is 3.61. The first-order valence-corrected chi connectivity index (χ1v) is 7.48. The molecule has 2 heterocycles. The monoisotopic (exact) mass is 282 g/mol. The number of nitrogens with one attached hydrogen (secondary N) is 2. The van der Waals surface area contributed by atoms with Crippen LogP contribution in [0.25, 0.3) is 33.3 Å². The normalized spacial score (nSPS) is 12.0. The Morgan fingerprint density at radius 2 is 1.23 bits per heavy atom. The molecule has 22 heavy (non-hydrogen) atoms. The highest BCUT2D eigenvalue weighted by atomic mass is 14.9. The van der Waals surface area contributed by atoms with Crippen LogP contribution in [0.15, 0.2) is 72.8 Å². The third-order valence-electron chi connectivity index (χ3n) is 4.37. The maximum atomic E-state index is 3.61. The van der Waals surface area contributed by atoms with Crippen molar-refractivity contribution in [1.29, 1.82) is 0 Å². The Morgan fingerprint density at radius 1 is 0.591 bits per heavy atom. The minimum Gasteiger partial charge on any atom is -0.354 e. The van der Waals surface area contributed by atoms with Crippen molar-refractivity contribution in [3.63, 3.8) is 0 Å². The van der Waals surface area contributed by atoms with Gasteiger partial charge >= 0.3 is 0 Å². The number of benzene rings is 3. The van der Waals surface area contributed by atoms with E-state index < -0.39 is 0 Å². The van der Waals surface area contributed by atoms with Gasteiger partial charge in [0.15, 0.2) is 0 Å². The van der Waals surface area contributed by atoms with Crippen LogP contribution in [0.5, 0.6) is 0 Å². The molecule has 2 heteroatoms. The quantitative estimate of drug-likeness (QED) is 0.382. The second-order valence-corrected chi connectivity index (χ2v) is 5.64. The lowest BCUT2D eigenvalue weighted by molar-refractivity contribution is 1.45. The van der Waals surface area contributed by atoms with Gasteiger partial charge in [-0.1, -0.05) is 54.6 Å². The first-order chi connectivity index (χ1) is 10.9. The molecule has 104 valence electrons. The van der Waals surface area contributed by atoms with E-state index in [0.717, 1.165) is 11.4 Å². The number of aromatic amines is 1. The molecule has 0 aliphatic carbocycles. The average molecular weight is 282 g/mol. The molecule has 0 unspecified atom stereocenters. The Bertz CT molecular complexity index is 1010. The standard InChI is InChI=1S/C20H14N2/c1-4-10-16-13(7-1)19-14-8-2-5-11-17(14)22-20(19)15-9-3-6-12-18(15)21-16/h1-12,21-22H. The van der Waals surface area contributed by atoms with E-state index in [1.54, 1.807) is 0 Å². The topological polar surface area (TPSA) is 27.8 Å². The first-order valence-electron chi connectivity index (χ1n) is 7.48. The van der Waals surface area contributed by atoms with Gasteiger partial charge in [-0.15, -0.1) is 0 Å². The molecule has 4 aromatic rings. The molecular formula is C20H14N2. The van der Waals surface area contributed by atoms with Gasteiger partial charge in [-0.2, -0.15) is 0 Å². The number of H-pyrrole nitrogens is 1. The van der Waals surface area contributed by atoms with Gasteiger partial charge in [-0.25, -0.2) is 0 Å². The second-order valence-electron chi connectivity index (χ2n) is 5.64. The van der Waals surface area contributed by atoms with Crippen LogP contribution in [0.1, 0.15) is 0 Å². The number of aromatic nitrogens is 1. The number of hydrogen-bond donors (Lipinski definition) is 2. The maximum absolute atomic E-state index is 3.61. The fourth-order valence-electron chi connectivity index (χ4n) is 3.39. The molecule has 0 saturated carbocycles. The van der Waals surface area contributed by atoms with Crippen LogP contribution in [-0.4, -0.2) is 4.98 Å². The Hall–Kier alpha value is -3.00. The Labute approximate surface area is 128 Å². The Balaban J connectivity index is 2.00. The summed E-state index contributed by atoms with van der Waals surface area (Å²) >= 11 is 0. The summed E-state index contributed by atoms with van der Waals surface area (Å²) < 4.78 is 0. The summed E-state index contributed by atoms with van der Waals surface area (Å²) in [6.45, 7) is 0. The first kappa shape index (κ1) is 11.6. The SMILES string of the molecule is c1ccc2c(c1)Nc1ccccc1-c1c-2[nH]c2ccccc12. The zero-order chi connectivity index (χ0) is 14.5. The molecule has 2 N–H and O–H groups in total. The second kappa shape index (κ2) is 4.25. The molecule has 1 aliphatic heterocycles. The summed E-state index contributed by atoms with van der Waals surface area (Å²) in [5, 5.41) is 4.85. The van der Waals surface area contributed by atoms with E-state index in [-0.39, 0.29) is 0 Å². The maximum Gasteiger partial charge on any atom is 0.0566 e. The van der Waals surface area contributed by atoms with Gasteiger partial charge in [0.05, 0.1) is 5.69 Å². The molecule has 0 radical (unpaired) electrons. The minimum atomic E-state index is 1.14. The molecule has 0 amide bonds. The van der Waals surface area contributed by atoms with E-state index in [2.05, 4.69) is 83.1 Å². The van der Waals surface area contributed by atoms with Crippen molar-refractivity contribution in [2.75, 3.05) is 5.32 Å². The van der Waals surface area contributed by atoms with Gasteiger partial charge in [0.2, 0.25) is 0 Å². The fourth-order valence-corrected chi connectivity index (χ4v) is 3.39. The molecule has 0 bridgehead atoms. The van der Waals surface area contributed by atoms with Gasteiger partial charge in [-0.05, 0) is 18.2 Å². The predicted molar refractivity (Wildman–Crippen MR) is 92.5 cm³/mol. The highest BCUT2D eigenvalue weighted by Gasteiger charge is 2.22. The number of hydrogen-bond acceptors (Lipinski definition) is 1. The van der Waals surface area contributed by atoms with Crippen LogP contribution in [0.3, 0.4) is 0 Å². The van der Waals surface area contributed by atoms with E-state index in [1.807, 2.05) is 0 Å². The van der Waals surface area contributed by atoms with Crippen LogP contribution in [-0.2, 0) is 0 Å². The van der Waals surface area contributed by atoms with Crippen LogP contribution >= 0.6 is 0 Å². The van der Waals surface area contributed by atoms with Crippen LogP contribution < -0.4 is 5.32 Å². The average Bonchev–Trinajstić information content (AvgIpc) is 2.89. The van der Waals surface area contributed by atoms with E-state index in [9.17, 15) is 0 Å². The van der Waals surface area contributed by atoms with Gasteiger partial charge in [0.25, 0.3) is 0 Å². The van der Waals surface area contributed by atoms with E-state index in [4.69, 9.17) is 0 Å². The van der Waals surface area contributed by atoms with Gasteiger partial charge in [0, 0.05) is 39.0 Å². The van der Waals surface area contributed by atoms with E-state index in [0.29, 0.717) is 0 Å². The minimum absolute atomic E-state index is 1.14. The summed E-state index contributed by atoms with van der Waals surface area (Å²) in [6.07, 6.45) is 0. The van der Waals surface area contributed by atoms with Gasteiger partial charge in [0.1, 0.15) is 0 Å². The number of rotatable bonds is 0. The van der Waals surface area contributed by atoms with Crippen molar-refractivity contribution < 1.29 is 0 Å². The third-order valence-corrected chi connectivity index (χ3v) is 4.37. The highest BCUT2D eigenvalue weighted by molar-refractivity contribution is 6.09. The third kappa shape index (κ3) is 1.49. The van der Waals surface area contributed by atoms with Crippen LogP contribution in [0, 0.1) is 0 Å². The van der Waals surface area contributed by atoms with Crippen LogP contribution in [0.2, 0.25) is 0 Å². The van der Waals surface area contributed by atoms with E-state index in [1.165, 1.54) is 33.3 Å². The van der Waals surface area contributed by atoms with Gasteiger partial charge in [-0.3, -0.25) is 0 Å². The smallest absolute Gasteiger partial charge is 0.0566 e. The predicted octanol–water partition coefficient (Wildman–Crippen LogP) is 5.56. The summed E-state index contributed by atoms with van der Waals surface area (Å²) in [6, 6.07) is 25.5. The molecule has 1 aromatic heterocycles. The molecule has 0 atom stereocenters. The van der Waals surface area contributed by atoms with Crippen molar-refractivity contribution in [2.24, 2.45) is 0 Å². The zero-order valence-electron chi connectivity index (χ0n) is 11.9. The molecule has 0 saturated heterocycles.